The van der Waals surface area contributed by atoms with Crippen molar-refractivity contribution in [2.75, 3.05) is 21.8 Å². The summed E-state index contributed by atoms with van der Waals surface area (Å²) in [7, 11) is 0. The number of hydrogen-bond donors (Lipinski definition) is 2. The van der Waals surface area contributed by atoms with Crippen molar-refractivity contribution in [3.05, 3.63) is 72.3 Å². The predicted molar refractivity (Wildman–Crippen MR) is 170 cm³/mol. The zero-order chi connectivity index (χ0) is 28.9. The van der Waals surface area contributed by atoms with E-state index in [9.17, 15) is 0 Å². The van der Waals surface area contributed by atoms with Gasteiger partial charge in [0.2, 0.25) is 0 Å². The highest BCUT2D eigenvalue weighted by atomic mass is 32.2. The highest BCUT2D eigenvalue weighted by molar-refractivity contribution is 8.01. The van der Waals surface area contributed by atoms with E-state index in [4.69, 9.17) is 9.72 Å². The Balaban J connectivity index is 1.55. The zero-order valence-electron chi connectivity index (χ0n) is 23.4. The second-order valence-electron chi connectivity index (χ2n) is 11.1. The maximum absolute atomic E-state index is 15.7. The van der Waals surface area contributed by atoms with Crippen LogP contribution in [0.4, 0.5) is 19.7 Å². The van der Waals surface area contributed by atoms with Crippen LogP contribution in [0.25, 0.3) is 21.7 Å². The number of aromatic nitrogens is 2. The second kappa shape index (κ2) is 13.0. The molecule has 0 unspecified atom stereocenters. The number of nitrogens with zero attached hydrogens (tertiary/aromatic N) is 2. The molecule has 2 aromatic carbocycles. The summed E-state index contributed by atoms with van der Waals surface area (Å²) < 4.78 is 44.1. The molecule has 0 fully saturated rings. The first-order valence-corrected chi connectivity index (χ1v) is 16.3. The first-order valence-electron chi connectivity index (χ1n) is 13.7. The summed E-state index contributed by atoms with van der Waals surface area (Å²) in [6.45, 7) is 7.15. The van der Waals surface area contributed by atoms with Crippen LogP contribution in [0.3, 0.4) is 0 Å². The SMILES string of the molecule is CC(C)(C)CCOc1cccc(-c2sc3nc2-c2ccccc2C(F)(F)CCCCSNc2cccc(n2)SN3)c1. The smallest absolute Gasteiger partial charge is 0.273 e. The summed E-state index contributed by atoms with van der Waals surface area (Å²) in [5.74, 6) is -0.803. The van der Waals surface area contributed by atoms with Crippen LogP contribution in [0.5, 0.6) is 5.75 Å². The number of anilines is 2. The van der Waals surface area contributed by atoms with Crippen molar-refractivity contribution < 1.29 is 13.5 Å². The normalized spacial score (nSPS) is 15.6. The van der Waals surface area contributed by atoms with Gasteiger partial charge in [-0.05, 0) is 54.5 Å². The summed E-state index contributed by atoms with van der Waals surface area (Å²) in [4.78, 5) is 10.3. The minimum Gasteiger partial charge on any atom is -0.494 e. The van der Waals surface area contributed by atoms with E-state index < -0.39 is 5.92 Å². The van der Waals surface area contributed by atoms with Gasteiger partial charge >= 0.3 is 0 Å². The molecule has 5 rings (SSSR count). The van der Waals surface area contributed by atoms with E-state index in [-0.39, 0.29) is 17.4 Å². The largest absolute Gasteiger partial charge is 0.494 e. The van der Waals surface area contributed by atoms with Gasteiger partial charge in [0, 0.05) is 35.2 Å². The van der Waals surface area contributed by atoms with Gasteiger partial charge in [0.1, 0.15) is 16.6 Å². The summed E-state index contributed by atoms with van der Waals surface area (Å²) in [5, 5.41) is 1.38. The molecular weight excluding hydrogens is 579 g/mol. The van der Waals surface area contributed by atoms with Crippen LogP contribution in [0, 0.1) is 5.41 Å². The third-order valence-corrected chi connectivity index (χ3v) is 9.28. The number of fused-ring (bicyclic) bond motifs is 6. The molecule has 0 saturated heterocycles. The standard InChI is InChI=1S/C31H34F2N4OS3/c1-30(2,3)17-18-38-22-11-8-10-21(20-22)28-27-23-12-4-5-13-24(23)31(32,33)16-6-7-19-39-36-25-14-9-15-26(34-25)41-37-29(35-27)40-28/h4-5,8-15,20H,6-7,16-19H2,1-3H3,(H,34,36)(H,35,37). The molecule has 4 aromatic rings. The minimum atomic E-state index is -2.99. The van der Waals surface area contributed by atoms with E-state index in [1.165, 1.54) is 41.3 Å². The Morgan fingerprint density at radius 3 is 2.63 bits per heavy atom. The summed E-state index contributed by atoms with van der Waals surface area (Å²) in [6.07, 6.45) is 1.76. The molecule has 0 radical (unpaired) electrons. The quantitative estimate of drug-likeness (QED) is 0.222. The number of hydrogen-bond acceptors (Lipinski definition) is 8. The fraction of sp³-hybridized carbons (Fsp3) is 0.355. The molecular formula is C31H34F2N4OS3. The van der Waals surface area contributed by atoms with Crippen molar-refractivity contribution >= 4 is 46.2 Å². The molecule has 3 heterocycles. The van der Waals surface area contributed by atoms with Crippen molar-refractivity contribution in [3.8, 4) is 27.4 Å². The number of thiazole rings is 1. The molecule has 1 aliphatic rings. The van der Waals surface area contributed by atoms with E-state index in [1.807, 2.05) is 42.5 Å². The molecule has 2 aromatic heterocycles. The Kier molecular flexibility index (Phi) is 9.41. The van der Waals surface area contributed by atoms with E-state index in [2.05, 4.69) is 35.2 Å². The number of alkyl halides is 2. The molecule has 0 amide bonds. The van der Waals surface area contributed by atoms with Crippen molar-refractivity contribution in [1.29, 1.82) is 0 Å². The van der Waals surface area contributed by atoms with E-state index in [0.717, 1.165) is 33.5 Å². The Morgan fingerprint density at radius 2 is 1.78 bits per heavy atom. The van der Waals surface area contributed by atoms with E-state index in [0.29, 0.717) is 41.6 Å². The lowest BCUT2D eigenvalue weighted by atomic mass is 9.93. The first-order chi connectivity index (χ1) is 19.7. The fourth-order valence-corrected chi connectivity index (χ4v) is 6.72. The molecule has 216 valence electrons. The van der Waals surface area contributed by atoms with Crippen molar-refractivity contribution in [1.82, 2.24) is 9.97 Å². The van der Waals surface area contributed by atoms with Crippen molar-refractivity contribution in [2.45, 2.75) is 57.4 Å². The van der Waals surface area contributed by atoms with Crippen molar-refractivity contribution in [3.63, 3.8) is 0 Å². The van der Waals surface area contributed by atoms with Crippen LogP contribution < -0.4 is 14.2 Å². The van der Waals surface area contributed by atoms with Crippen LogP contribution >= 0.6 is 35.2 Å². The summed E-state index contributed by atoms with van der Waals surface area (Å²) >= 11 is 4.26. The van der Waals surface area contributed by atoms with Gasteiger partial charge in [-0.15, -0.1) is 0 Å². The van der Waals surface area contributed by atoms with Crippen LogP contribution in [0.2, 0.25) is 0 Å². The van der Waals surface area contributed by atoms with Gasteiger partial charge in [-0.25, -0.2) is 18.7 Å². The lowest BCUT2D eigenvalue weighted by molar-refractivity contribution is -0.0147. The highest BCUT2D eigenvalue weighted by Gasteiger charge is 2.34. The van der Waals surface area contributed by atoms with E-state index >= 15 is 8.78 Å². The Morgan fingerprint density at radius 1 is 0.951 bits per heavy atom. The molecule has 1 aliphatic heterocycles. The topological polar surface area (TPSA) is 59.1 Å². The maximum Gasteiger partial charge on any atom is 0.273 e. The lowest BCUT2D eigenvalue weighted by Gasteiger charge is -2.20. The number of rotatable bonds is 4. The average molecular weight is 613 g/mol. The number of pyridine rings is 1. The summed E-state index contributed by atoms with van der Waals surface area (Å²) in [5.41, 5.74) is 2.02. The molecule has 0 saturated carbocycles. The lowest BCUT2D eigenvalue weighted by Crippen LogP contribution is -2.15. The van der Waals surface area contributed by atoms with Gasteiger partial charge in [-0.1, -0.05) is 86.5 Å². The third kappa shape index (κ3) is 7.93. The van der Waals surface area contributed by atoms with Crippen LogP contribution in [-0.2, 0) is 5.92 Å². The van der Waals surface area contributed by atoms with Crippen LogP contribution in [0.1, 0.15) is 52.0 Å². The molecule has 0 aliphatic carbocycles. The van der Waals surface area contributed by atoms with Gasteiger partial charge in [0.05, 0.1) is 17.2 Å². The molecule has 0 atom stereocenters. The van der Waals surface area contributed by atoms with Gasteiger partial charge < -0.3 is 14.2 Å². The predicted octanol–water partition coefficient (Wildman–Crippen LogP) is 10.1. The Hall–Kier alpha value is -2.82. The molecule has 5 nitrogen and oxygen atoms in total. The second-order valence-corrected chi connectivity index (χ2v) is 13.8. The number of nitrogens with one attached hydrogen (secondary N) is 2. The maximum atomic E-state index is 15.7. The Labute approximate surface area is 253 Å². The average Bonchev–Trinajstić information content (AvgIpc) is 3.37. The zero-order valence-corrected chi connectivity index (χ0v) is 25.8. The number of ether oxygens (including phenoxy) is 1. The highest BCUT2D eigenvalue weighted by Crippen LogP contribution is 2.46. The van der Waals surface area contributed by atoms with Gasteiger partial charge in [-0.2, -0.15) is 0 Å². The Bertz CT molecular complexity index is 1470. The molecule has 41 heavy (non-hydrogen) atoms. The molecule has 10 heteroatoms. The molecule has 0 spiro atoms. The third-order valence-electron chi connectivity index (χ3n) is 6.55. The number of halogens is 2. The van der Waals surface area contributed by atoms with E-state index in [1.54, 1.807) is 18.2 Å². The van der Waals surface area contributed by atoms with Gasteiger partial charge in [-0.3, -0.25) is 0 Å². The van der Waals surface area contributed by atoms with Crippen LogP contribution in [0.15, 0.2) is 71.8 Å². The fourth-order valence-electron chi connectivity index (χ4n) is 4.36. The minimum absolute atomic E-state index is 0.00625. The number of benzene rings is 2. The van der Waals surface area contributed by atoms with Gasteiger partial charge in [0.25, 0.3) is 5.92 Å². The molecule has 4 bridgehead atoms. The van der Waals surface area contributed by atoms with Crippen LogP contribution in [-0.4, -0.2) is 22.3 Å². The monoisotopic (exact) mass is 612 g/mol. The first kappa shape index (κ1) is 29.7. The van der Waals surface area contributed by atoms with Gasteiger partial charge in [0.15, 0.2) is 5.13 Å². The molecule has 2 N–H and O–H groups in total. The summed E-state index contributed by atoms with van der Waals surface area (Å²) in [6, 6.07) is 20.3. The van der Waals surface area contributed by atoms with Crippen molar-refractivity contribution in [2.24, 2.45) is 5.41 Å².